The van der Waals surface area contributed by atoms with Crippen molar-refractivity contribution in [2.75, 3.05) is 19.6 Å². The van der Waals surface area contributed by atoms with Crippen molar-refractivity contribution >= 4 is 15.9 Å². The summed E-state index contributed by atoms with van der Waals surface area (Å²) in [6, 6.07) is 2.59. The van der Waals surface area contributed by atoms with E-state index in [9.17, 15) is 0 Å². The molecule has 1 fully saturated rings. The lowest BCUT2D eigenvalue weighted by molar-refractivity contribution is 0.193. The number of halogens is 1. The van der Waals surface area contributed by atoms with E-state index in [0.717, 1.165) is 16.8 Å². The fourth-order valence-electron chi connectivity index (χ4n) is 2.43. The third-order valence-corrected chi connectivity index (χ3v) is 4.36. The van der Waals surface area contributed by atoms with E-state index >= 15 is 0 Å². The molecule has 0 unspecified atom stereocenters. The molecule has 3 nitrogen and oxygen atoms in total. The second kappa shape index (κ2) is 7.31. The molecule has 102 valence electrons. The van der Waals surface area contributed by atoms with E-state index in [2.05, 4.69) is 33.1 Å². The summed E-state index contributed by atoms with van der Waals surface area (Å²) in [5.74, 6) is 1.00. The van der Waals surface area contributed by atoms with Crippen LogP contribution in [0.15, 0.2) is 21.2 Å². The van der Waals surface area contributed by atoms with Gasteiger partial charge in [-0.25, -0.2) is 0 Å². The number of rotatable bonds is 6. The van der Waals surface area contributed by atoms with Crippen LogP contribution in [0.5, 0.6) is 0 Å². The second-order valence-electron chi connectivity index (χ2n) is 5.04. The van der Waals surface area contributed by atoms with Crippen molar-refractivity contribution in [3.63, 3.8) is 0 Å². The van der Waals surface area contributed by atoms with Crippen LogP contribution in [0, 0.1) is 0 Å². The molecule has 1 N–H and O–H groups in total. The Morgan fingerprint density at radius 2 is 2.22 bits per heavy atom. The monoisotopic (exact) mass is 314 g/mol. The van der Waals surface area contributed by atoms with Gasteiger partial charge in [0, 0.05) is 6.04 Å². The molecular formula is C14H23BrN2O. The summed E-state index contributed by atoms with van der Waals surface area (Å²) in [6.45, 7) is 6.82. The molecule has 0 atom stereocenters. The molecule has 2 heterocycles. The predicted octanol–water partition coefficient (Wildman–Crippen LogP) is 3.40. The molecule has 1 aliphatic heterocycles. The number of unbranched alkanes of at least 4 members (excludes halogenated alkanes) is 1. The van der Waals surface area contributed by atoms with E-state index in [-0.39, 0.29) is 0 Å². The van der Waals surface area contributed by atoms with Crippen molar-refractivity contribution in [2.45, 2.75) is 45.2 Å². The van der Waals surface area contributed by atoms with Crippen LogP contribution in [0.4, 0.5) is 0 Å². The Bertz CT molecular complexity index is 345. The average molecular weight is 315 g/mol. The Hall–Kier alpha value is -0.320. The van der Waals surface area contributed by atoms with Crippen LogP contribution in [0.3, 0.4) is 0 Å². The van der Waals surface area contributed by atoms with Crippen LogP contribution in [0.2, 0.25) is 0 Å². The summed E-state index contributed by atoms with van der Waals surface area (Å²) in [4.78, 5) is 2.59. The van der Waals surface area contributed by atoms with E-state index < -0.39 is 0 Å². The highest BCUT2D eigenvalue weighted by molar-refractivity contribution is 9.10. The van der Waals surface area contributed by atoms with Crippen LogP contribution in [-0.2, 0) is 6.54 Å². The largest absolute Gasteiger partial charge is 0.467 e. The maximum absolute atomic E-state index is 5.41. The summed E-state index contributed by atoms with van der Waals surface area (Å²) < 4.78 is 6.47. The molecule has 0 aromatic carbocycles. The van der Waals surface area contributed by atoms with Crippen LogP contribution in [-0.4, -0.2) is 30.6 Å². The van der Waals surface area contributed by atoms with Gasteiger partial charge in [0.15, 0.2) is 0 Å². The third-order valence-electron chi connectivity index (χ3n) is 3.66. The molecule has 0 bridgehead atoms. The van der Waals surface area contributed by atoms with Gasteiger partial charge in [0.2, 0.25) is 0 Å². The van der Waals surface area contributed by atoms with Gasteiger partial charge in [-0.15, -0.1) is 0 Å². The highest BCUT2D eigenvalue weighted by Gasteiger charge is 2.18. The lowest BCUT2D eigenvalue weighted by atomic mass is 10.0. The van der Waals surface area contributed by atoms with E-state index in [1.807, 2.05) is 6.07 Å². The Morgan fingerprint density at radius 1 is 1.44 bits per heavy atom. The van der Waals surface area contributed by atoms with Gasteiger partial charge in [-0.1, -0.05) is 13.3 Å². The highest BCUT2D eigenvalue weighted by atomic mass is 79.9. The molecule has 1 aliphatic rings. The van der Waals surface area contributed by atoms with E-state index in [1.54, 1.807) is 6.26 Å². The maximum atomic E-state index is 5.41. The summed E-state index contributed by atoms with van der Waals surface area (Å²) in [5.41, 5.74) is 0. The Morgan fingerprint density at radius 3 is 2.83 bits per heavy atom. The first-order valence-electron chi connectivity index (χ1n) is 6.97. The van der Waals surface area contributed by atoms with Gasteiger partial charge in [-0.3, -0.25) is 0 Å². The second-order valence-corrected chi connectivity index (χ2v) is 5.90. The van der Waals surface area contributed by atoms with E-state index in [4.69, 9.17) is 4.42 Å². The van der Waals surface area contributed by atoms with Gasteiger partial charge >= 0.3 is 0 Å². The van der Waals surface area contributed by atoms with Gasteiger partial charge in [-0.05, 0) is 60.9 Å². The van der Waals surface area contributed by atoms with Crippen LogP contribution in [0.25, 0.3) is 0 Å². The van der Waals surface area contributed by atoms with Crippen molar-refractivity contribution in [1.29, 1.82) is 0 Å². The summed E-state index contributed by atoms with van der Waals surface area (Å²) in [5, 5.41) is 3.59. The molecule has 0 radical (unpaired) electrons. The molecule has 0 spiro atoms. The first-order chi connectivity index (χ1) is 8.79. The first kappa shape index (κ1) is 14.1. The van der Waals surface area contributed by atoms with Gasteiger partial charge < -0.3 is 14.6 Å². The number of piperidine rings is 1. The molecule has 18 heavy (non-hydrogen) atoms. The van der Waals surface area contributed by atoms with E-state index in [0.29, 0.717) is 6.04 Å². The zero-order valence-corrected chi connectivity index (χ0v) is 12.7. The minimum atomic E-state index is 0.639. The van der Waals surface area contributed by atoms with Crippen molar-refractivity contribution in [3.05, 3.63) is 22.6 Å². The van der Waals surface area contributed by atoms with Crippen LogP contribution in [0.1, 0.15) is 38.4 Å². The SMILES string of the molecule is CCCCN1CCC(NCc2occc2Br)CC1. The number of nitrogens with one attached hydrogen (secondary N) is 1. The average Bonchev–Trinajstić information content (AvgIpc) is 2.81. The summed E-state index contributed by atoms with van der Waals surface area (Å²) >= 11 is 3.49. The molecule has 1 saturated heterocycles. The van der Waals surface area contributed by atoms with Crippen molar-refractivity contribution in [2.24, 2.45) is 0 Å². The number of hydrogen-bond acceptors (Lipinski definition) is 3. The zero-order chi connectivity index (χ0) is 12.8. The zero-order valence-electron chi connectivity index (χ0n) is 11.1. The normalized spacial score (nSPS) is 18.3. The fourth-order valence-corrected chi connectivity index (χ4v) is 2.77. The molecule has 1 aromatic rings. The smallest absolute Gasteiger partial charge is 0.131 e. The number of furan rings is 1. The Labute approximate surface area is 118 Å². The van der Waals surface area contributed by atoms with Crippen molar-refractivity contribution < 1.29 is 4.42 Å². The minimum absolute atomic E-state index is 0.639. The summed E-state index contributed by atoms with van der Waals surface area (Å²) in [6.07, 6.45) is 6.86. The minimum Gasteiger partial charge on any atom is -0.467 e. The molecule has 0 aliphatic carbocycles. The first-order valence-corrected chi connectivity index (χ1v) is 7.76. The summed E-state index contributed by atoms with van der Waals surface area (Å²) in [7, 11) is 0. The molecule has 4 heteroatoms. The van der Waals surface area contributed by atoms with Crippen LogP contribution < -0.4 is 5.32 Å². The third kappa shape index (κ3) is 4.11. The molecular weight excluding hydrogens is 292 g/mol. The van der Waals surface area contributed by atoms with Gasteiger partial charge in [0.1, 0.15) is 5.76 Å². The maximum Gasteiger partial charge on any atom is 0.131 e. The van der Waals surface area contributed by atoms with E-state index in [1.165, 1.54) is 45.3 Å². The van der Waals surface area contributed by atoms with Crippen LogP contribution >= 0.6 is 15.9 Å². The van der Waals surface area contributed by atoms with Gasteiger partial charge in [-0.2, -0.15) is 0 Å². The number of hydrogen-bond donors (Lipinski definition) is 1. The van der Waals surface area contributed by atoms with Gasteiger partial charge in [0.25, 0.3) is 0 Å². The topological polar surface area (TPSA) is 28.4 Å². The van der Waals surface area contributed by atoms with Crippen molar-refractivity contribution in [3.8, 4) is 0 Å². The molecule has 2 rings (SSSR count). The molecule has 0 saturated carbocycles. The standard InChI is InChI=1S/C14H23BrN2O/c1-2-3-7-17-8-4-12(5-9-17)16-11-14-13(15)6-10-18-14/h6,10,12,16H,2-5,7-9,11H2,1H3. The number of likely N-dealkylation sites (tertiary alicyclic amines) is 1. The lowest BCUT2D eigenvalue weighted by Crippen LogP contribution is -2.42. The van der Waals surface area contributed by atoms with Gasteiger partial charge in [0.05, 0.1) is 17.3 Å². The number of nitrogens with zero attached hydrogens (tertiary/aromatic N) is 1. The van der Waals surface area contributed by atoms with Crippen molar-refractivity contribution in [1.82, 2.24) is 10.2 Å². The predicted molar refractivity (Wildman–Crippen MR) is 77.6 cm³/mol. The molecule has 0 amide bonds. The molecule has 1 aromatic heterocycles. The fraction of sp³-hybridized carbons (Fsp3) is 0.714. The Kier molecular flexibility index (Phi) is 5.73. The lowest BCUT2D eigenvalue weighted by Gasteiger charge is -2.32. The highest BCUT2D eigenvalue weighted by Crippen LogP contribution is 2.18. The quantitative estimate of drug-likeness (QED) is 0.872. The Balaban J connectivity index is 1.66.